The lowest BCUT2D eigenvalue weighted by Gasteiger charge is -2.09. The van der Waals surface area contributed by atoms with Crippen molar-refractivity contribution < 1.29 is 4.74 Å². The van der Waals surface area contributed by atoms with Crippen LogP contribution in [0, 0.1) is 11.8 Å². The maximum atomic E-state index is 5.30. The highest BCUT2D eigenvalue weighted by Crippen LogP contribution is 2.22. The van der Waals surface area contributed by atoms with Gasteiger partial charge in [-0.3, -0.25) is 0 Å². The van der Waals surface area contributed by atoms with Gasteiger partial charge in [0, 0.05) is 18.5 Å². The molecule has 0 radical (unpaired) electrons. The predicted molar refractivity (Wildman–Crippen MR) is 132 cm³/mol. The second-order valence-electron chi connectivity index (χ2n) is 7.50. The molecule has 2 nitrogen and oxygen atoms in total. The van der Waals surface area contributed by atoms with Gasteiger partial charge in [0.25, 0.3) is 0 Å². The van der Waals surface area contributed by atoms with Crippen LogP contribution in [0.5, 0.6) is 5.75 Å². The summed E-state index contributed by atoms with van der Waals surface area (Å²) in [6, 6.07) is 21.4. The van der Waals surface area contributed by atoms with Crippen LogP contribution in [0.25, 0.3) is 10.8 Å². The molecule has 1 N–H and O–H groups in total. The van der Waals surface area contributed by atoms with Crippen LogP contribution in [0.1, 0.15) is 42.4 Å². The van der Waals surface area contributed by atoms with Gasteiger partial charge in [-0.05, 0) is 78.5 Å². The van der Waals surface area contributed by atoms with E-state index in [-0.39, 0.29) is 0 Å². The average molecular weight is 418 g/mol. The Bertz CT molecular complexity index is 1000. The summed E-state index contributed by atoms with van der Waals surface area (Å²) in [5, 5.41) is 6.11. The third-order valence-electron chi connectivity index (χ3n) is 5.26. The predicted octanol–water partition coefficient (Wildman–Crippen LogP) is 5.97. The summed E-state index contributed by atoms with van der Waals surface area (Å²) >= 11 is 0. The zero-order chi connectivity index (χ0) is 21.0. The Morgan fingerprint density at radius 3 is 2.63 bits per heavy atom. The number of methoxy groups -OCH3 is 1. The number of hydrogen-bond acceptors (Lipinski definition) is 2. The molecule has 0 saturated heterocycles. The van der Waals surface area contributed by atoms with E-state index in [0.29, 0.717) is 0 Å². The summed E-state index contributed by atoms with van der Waals surface area (Å²) < 4.78 is 5.30. The fraction of sp³-hybridized carbons (Fsp3) is 0.333. The molecule has 30 heavy (non-hydrogen) atoms. The Kier molecular flexibility index (Phi) is 9.23. The fourth-order valence-corrected chi connectivity index (χ4v) is 3.81. The Morgan fingerprint density at radius 2 is 1.80 bits per heavy atom. The van der Waals surface area contributed by atoms with Crippen molar-refractivity contribution in [2.45, 2.75) is 38.6 Å². The minimum atomic E-state index is 0.906. The van der Waals surface area contributed by atoms with Gasteiger partial charge in [-0.1, -0.05) is 54.3 Å². The zero-order valence-corrected chi connectivity index (χ0v) is 19.1. The van der Waals surface area contributed by atoms with Crippen LogP contribution < -0.4 is 10.1 Å². The summed E-state index contributed by atoms with van der Waals surface area (Å²) in [6.07, 6.45) is 6.58. The number of nitrogens with one attached hydrogen (secondary N) is 1. The molecule has 156 valence electrons. The number of hydrogen-bond donors (Lipinski definition) is 1. The molecule has 0 spiro atoms. The van der Waals surface area contributed by atoms with Crippen molar-refractivity contribution in [3.8, 4) is 17.6 Å². The second-order valence-corrected chi connectivity index (χ2v) is 8.07. The van der Waals surface area contributed by atoms with E-state index in [4.69, 9.17) is 4.74 Å². The van der Waals surface area contributed by atoms with Gasteiger partial charge in [0.15, 0.2) is 0 Å². The molecule has 0 amide bonds. The van der Waals surface area contributed by atoms with Crippen LogP contribution in [-0.4, -0.2) is 19.8 Å². The van der Waals surface area contributed by atoms with E-state index in [2.05, 4.69) is 81.0 Å². The second kappa shape index (κ2) is 12.4. The molecule has 3 rings (SSSR count). The highest BCUT2D eigenvalue weighted by Gasteiger charge is 2.04. The molecule has 0 aliphatic rings. The van der Waals surface area contributed by atoms with Gasteiger partial charge in [0.2, 0.25) is 0 Å². The third-order valence-corrected chi connectivity index (χ3v) is 5.67. The van der Waals surface area contributed by atoms with Crippen molar-refractivity contribution in [1.29, 1.82) is 0 Å². The van der Waals surface area contributed by atoms with E-state index in [9.17, 15) is 0 Å². The molecule has 0 aromatic heterocycles. The number of benzene rings is 3. The van der Waals surface area contributed by atoms with Crippen LogP contribution in [0.2, 0.25) is 0 Å². The SMILES string of the molecule is COc1cccc(CCCCC#Cc2ccc(CNCCCP)c3ccccc23)c1. The lowest BCUT2D eigenvalue weighted by atomic mass is 9.99. The first kappa shape index (κ1) is 22.4. The Labute approximate surface area is 183 Å². The van der Waals surface area contributed by atoms with E-state index < -0.39 is 0 Å². The molecule has 1 atom stereocenters. The quantitative estimate of drug-likeness (QED) is 0.249. The number of unbranched alkanes of at least 4 members (excludes halogenated alkanes) is 2. The first-order valence-corrected chi connectivity index (χ1v) is 11.7. The van der Waals surface area contributed by atoms with E-state index in [1.54, 1.807) is 7.11 Å². The fourth-order valence-electron chi connectivity index (χ4n) is 3.60. The largest absolute Gasteiger partial charge is 0.497 e. The summed E-state index contributed by atoms with van der Waals surface area (Å²) in [4.78, 5) is 0. The third kappa shape index (κ3) is 6.60. The van der Waals surface area contributed by atoms with Crippen molar-refractivity contribution in [2.24, 2.45) is 0 Å². The molecule has 0 aliphatic heterocycles. The van der Waals surface area contributed by atoms with Crippen LogP contribution in [0.3, 0.4) is 0 Å². The molecule has 0 heterocycles. The normalized spacial score (nSPS) is 10.6. The zero-order valence-electron chi connectivity index (χ0n) is 17.9. The smallest absolute Gasteiger partial charge is 0.119 e. The van der Waals surface area contributed by atoms with Crippen molar-refractivity contribution in [3.63, 3.8) is 0 Å². The Morgan fingerprint density at radius 1 is 0.933 bits per heavy atom. The molecule has 3 aromatic rings. The minimum Gasteiger partial charge on any atom is -0.497 e. The highest BCUT2D eigenvalue weighted by molar-refractivity contribution is 7.16. The van der Waals surface area contributed by atoms with Gasteiger partial charge in [-0.25, -0.2) is 0 Å². The number of fused-ring (bicyclic) bond motifs is 1. The molecule has 0 saturated carbocycles. The molecular formula is C27H32NOP. The number of ether oxygens (including phenoxy) is 1. The first-order chi connectivity index (χ1) is 14.8. The summed E-state index contributed by atoms with van der Waals surface area (Å²) in [7, 11) is 4.50. The summed E-state index contributed by atoms with van der Waals surface area (Å²) in [5.74, 6) is 7.74. The maximum absolute atomic E-state index is 5.30. The molecular weight excluding hydrogens is 385 g/mol. The van der Waals surface area contributed by atoms with Crippen LogP contribution in [0.4, 0.5) is 0 Å². The van der Waals surface area contributed by atoms with E-state index in [1.807, 2.05) is 6.07 Å². The molecule has 3 aromatic carbocycles. The Hall–Kier alpha value is -2.33. The molecule has 0 aliphatic carbocycles. The van der Waals surface area contributed by atoms with Crippen molar-refractivity contribution in [1.82, 2.24) is 5.32 Å². The van der Waals surface area contributed by atoms with Gasteiger partial charge in [-0.2, -0.15) is 0 Å². The highest BCUT2D eigenvalue weighted by atomic mass is 31.0. The molecule has 3 heteroatoms. The first-order valence-electron chi connectivity index (χ1n) is 10.8. The van der Waals surface area contributed by atoms with Gasteiger partial charge >= 0.3 is 0 Å². The van der Waals surface area contributed by atoms with Crippen molar-refractivity contribution >= 4 is 20.0 Å². The van der Waals surface area contributed by atoms with Gasteiger partial charge in [0.05, 0.1) is 7.11 Å². The van der Waals surface area contributed by atoms with Crippen LogP contribution in [0.15, 0.2) is 60.7 Å². The topological polar surface area (TPSA) is 21.3 Å². The standard InChI is InChI=1S/C27H32NOP/c1-29-25-13-8-11-22(20-25)10-4-2-3-5-12-23-16-17-24(21-28-18-9-19-30)27-15-7-6-14-26(23)27/h6-8,11,13-17,20,28H,2-4,9-10,18-19,21,30H2,1H3. The lowest BCUT2D eigenvalue weighted by Crippen LogP contribution is -2.15. The molecule has 0 fully saturated rings. The van der Waals surface area contributed by atoms with Crippen molar-refractivity contribution in [3.05, 3.63) is 77.4 Å². The van der Waals surface area contributed by atoms with E-state index in [1.165, 1.54) is 28.3 Å². The number of aryl methyl sites for hydroxylation is 1. The Balaban J connectivity index is 1.56. The lowest BCUT2D eigenvalue weighted by molar-refractivity contribution is 0.414. The van der Waals surface area contributed by atoms with Gasteiger partial charge in [0.1, 0.15) is 5.75 Å². The summed E-state index contributed by atoms with van der Waals surface area (Å²) in [5.41, 5.74) is 3.81. The maximum Gasteiger partial charge on any atom is 0.119 e. The van der Waals surface area contributed by atoms with E-state index >= 15 is 0 Å². The average Bonchev–Trinajstić information content (AvgIpc) is 2.80. The monoisotopic (exact) mass is 417 g/mol. The van der Waals surface area contributed by atoms with Gasteiger partial charge in [-0.15, -0.1) is 9.24 Å². The van der Waals surface area contributed by atoms with Crippen LogP contribution in [-0.2, 0) is 13.0 Å². The number of rotatable bonds is 10. The van der Waals surface area contributed by atoms with Crippen molar-refractivity contribution in [2.75, 3.05) is 19.8 Å². The van der Waals surface area contributed by atoms with Crippen LogP contribution >= 0.6 is 9.24 Å². The summed E-state index contributed by atoms with van der Waals surface area (Å²) in [6.45, 7) is 1.96. The van der Waals surface area contributed by atoms with E-state index in [0.717, 1.165) is 56.2 Å². The molecule has 1 unspecified atom stereocenters. The van der Waals surface area contributed by atoms with Gasteiger partial charge < -0.3 is 10.1 Å². The minimum absolute atomic E-state index is 0.906. The molecule has 0 bridgehead atoms.